The summed E-state index contributed by atoms with van der Waals surface area (Å²) in [6, 6.07) is 67.3. The zero-order valence-corrected chi connectivity index (χ0v) is 30.4. The third-order valence-electron chi connectivity index (χ3n) is 11.0. The molecule has 0 aliphatic rings. The van der Waals surface area contributed by atoms with Gasteiger partial charge in [-0.3, -0.25) is 4.40 Å². The van der Waals surface area contributed by atoms with Crippen molar-refractivity contribution in [3.05, 3.63) is 188 Å². The second-order valence-corrected chi connectivity index (χ2v) is 15.2. The van der Waals surface area contributed by atoms with Crippen LogP contribution in [0.1, 0.15) is 0 Å². The SMILES string of the molecule is c1ccc(N(c2ccccc2)c2ccc3cc4sc5c(c4cc3c2)c2ccc(N(c3ccccc3)c3ccccc3)c3c4oc6ccccc6c4n5c23)cc1. The van der Waals surface area contributed by atoms with Gasteiger partial charge >= 0.3 is 0 Å². The first kappa shape index (κ1) is 30.4. The first-order chi connectivity index (χ1) is 27.3. The molecule has 0 saturated carbocycles. The summed E-state index contributed by atoms with van der Waals surface area (Å²) in [7, 11) is 0. The lowest BCUT2D eigenvalue weighted by molar-refractivity contribution is 0.673. The Balaban J connectivity index is 1.15. The minimum Gasteiger partial charge on any atom is -0.454 e. The van der Waals surface area contributed by atoms with Crippen molar-refractivity contribution < 1.29 is 4.42 Å². The van der Waals surface area contributed by atoms with Gasteiger partial charge in [-0.25, -0.2) is 0 Å². The monoisotopic (exact) mass is 721 g/mol. The zero-order chi connectivity index (χ0) is 36.0. The molecule has 0 bridgehead atoms. The number of hydrogen-bond acceptors (Lipinski definition) is 4. The Kier molecular flexibility index (Phi) is 6.47. The van der Waals surface area contributed by atoms with Gasteiger partial charge in [0.25, 0.3) is 0 Å². The summed E-state index contributed by atoms with van der Waals surface area (Å²) < 4.78 is 10.6. The second-order valence-electron chi connectivity index (χ2n) is 14.1. The van der Waals surface area contributed by atoms with Gasteiger partial charge in [-0.15, -0.1) is 11.3 Å². The average Bonchev–Trinajstić information content (AvgIpc) is 3.98. The van der Waals surface area contributed by atoms with Crippen LogP contribution < -0.4 is 9.80 Å². The van der Waals surface area contributed by atoms with Crippen molar-refractivity contribution in [3.8, 4) is 0 Å². The van der Waals surface area contributed by atoms with Crippen molar-refractivity contribution in [2.24, 2.45) is 0 Å². The van der Waals surface area contributed by atoms with E-state index >= 15 is 0 Å². The molecule has 12 aromatic rings. The zero-order valence-electron chi connectivity index (χ0n) is 29.6. The molecule has 5 heteroatoms. The maximum atomic E-state index is 6.85. The minimum absolute atomic E-state index is 0.898. The third-order valence-corrected chi connectivity index (χ3v) is 12.2. The second kappa shape index (κ2) is 11.7. The van der Waals surface area contributed by atoms with Gasteiger partial charge in [0.05, 0.1) is 16.6 Å². The largest absolute Gasteiger partial charge is 0.454 e. The molecule has 4 nitrogen and oxygen atoms in total. The molecule has 0 amide bonds. The molecule has 0 radical (unpaired) electrons. The van der Waals surface area contributed by atoms with Crippen molar-refractivity contribution in [1.29, 1.82) is 0 Å². The molecule has 0 fully saturated rings. The number of anilines is 6. The molecule has 0 spiro atoms. The van der Waals surface area contributed by atoms with Gasteiger partial charge in [-0.05, 0) is 102 Å². The van der Waals surface area contributed by atoms with Crippen LogP contribution in [-0.2, 0) is 0 Å². The van der Waals surface area contributed by atoms with Crippen molar-refractivity contribution in [2.75, 3.05) is 9.80 Å². The van der Waals surface area contributed by atoms with Crippen molar-refractivity contribution in [1.82, 2.24) is 4.40 Å². The van der Waals surface area contributed by atoms with Crippen LogP contribution in [0.15, 0.2) is 192 Å². The minimum atomic E-state index is 0.898. The van der Waals surface area contributed by atoms with Crippen LogP contribution in [0.5, 0.6) is 0 Å². The Morgan fingerprint density at radius 3 is 1.67 bits per heavy atom. The highest BCUT2D eigenvalue weighted by Crippen LogP contribution is 2.52. The van der Waals surface area contributed by atoms with Gasteiger partial charge in [-0.1, -0.05) is 97.1 Å². The van der Waals surface area contributed by atoms with Gasteiger partial charge in [0.15, 0.2) is 5.58 Å². The molecular weight excluding hydrogens is 691 g/mol. The number of thiophene rings is 1. The number of rotatable bonds is 6. The Bertz CT molecular complexity index is 3290. The average molecular weight is 722 g/mol. The normalized spacial score (nSPS) is 12.0. The molecule has 0 aliphatic heterocycles. The third kappa shape index (κ3) is 4.45. The van der Waals surface area contributed by atoms with E-state index < -0.39 is 0 Å². The van der Waals surface area contributed by atoms with Crippen LogP contribution in [-0.4, -0.2) is 4.40 Å². The van der Waals surface area contributed by atoms with E-state index in [4.69, 9.17) is 4.42 Å². The summed E-state index contributed by atoms with van der Waals surface area (Å²) in [5.41, 5.74) is 10.8. The molecule has 0 N–H and O–H groups in total. The van der Waals surface area contributed by atoms with E-state index in [-0.39, 0.29) is 0 Å². The highest BCUT2D eigenvalue weighted by atomic mass is 32.1. The van der Waals surface area contributed by atoms with E-state index in [0.29, 0.717) is 0 Å². The molecule has 4 heterocycles. The summed E-state index contributed by atoms with van der Waals surface area (Å²) in [5.74, 6) is 0. The molecular formula is C50H31N3OS. The summed E-state index contributed by atoms with van der Waals surface area (Å²) in [4.78, 5) is 5.94. The van der Waals surface area contributed by atoms with Gasteiger partial charge in [-0.2, -0.15) is 0 Å². The molecule has 55 heavy (non-hydrogen) atoms. The van der Waals surface area contributed by atoms with Crippen LogP contribution >= 0.6 is 11.3 Å². The highest BCUT2D eigenvalue weighted by molar-refractivity contribution is 7.26. The number of benzene rings is 8. The molecule has 0 unspecified atom stereocenters. The summed E-state index contributed by atoms with van der Waals surface area (Å²) in [6.07, 6.45) is 0. The van der Waals surface area contributed by atoms with Crippen LogP contribution in [0.25, 0.3) is 69.4 Å². The first-order valence-electron chi connectivity index (χ1n) is 18.6. The lowest BCUT2D eigenvalue weighted by Crippen LogP contribution is -2.10. The van der Waals surface area contributed by atoms with E-state index in [1.807, 2.05) is 11.3 Å². The van der Waals surface area contributed by atoms with E-state index in [0.717, 1.165) is 61.6 Å². The maximum absolute atomic E-state index is 6.85. The predicted molar refractivity (Wildman–Crippen MR) is 233 cm³/mol. The number of furan rings is 1. The van der Waals surface area contributed by atoms with E-state index in [9.17, 15) is 0 Å². The number of nitrogens with zero attached hydrogens (tertiary/aromatic N) is 3. The quantitative estimate of drug-likeness (QED) is 0.171. The molecule has 0 saturated heterocycles. The fourth-order valence-electron chi connectivity index (χ4n) is 8.72. The molecule has 8 aromatic carbocycles. The molecule has 4 aromatic heterocycles. The van der Waals surface area contributed by atoms with Crippen LogP contribution in [0.2, 0.25) is 0 Å². The fraction of sp³-hybridized carbons (Fsp3) is 0. The number of hydrogen-bond donors (Lipinski definition) is 0. The summed E-state index contributed by atoms with van der Waals surface area (Å²) >= 11 is 1.87. The van der Waals surface area contributed by atoms with Crippen molar-refractivity contribution in [3.63, 3.8) is 0 Å². The number of para-hydroxylation sites is 5. The van der Waals surface area contributed by atoms with E-state index in [2.05, 4.69) is 202 Å². The molecule has 0 aliphatic carbocycles. The summed E-state index contributed by atoms with van der Waals surface area (Å²) in [6.45, 7) is 0. The standard InChI is InChI=1S/C50H31N3OS/c1-5-15-34(16-6-1)51(35-17-7-2-8-18-35)38-26-25-32-31-44-41(30-33(32)29-38)45-40-27-28-42(52(36-19-9-3-10-20-36)37-21-11-4-12-22-37)46-47(40)53(50(45)55-44)48-39-23-13-14-24-43(39)54-49(46)48/h1-31H. The molecule has 0 atom stereocenters. The van der Waals surface area contributed by atoms with Crippen molar-refractivity contribution >= 4 is 115 Å². The van der Waals surface area contributed by atoms with Crippen LogP contribution in [0, 0.1) is 0 Å². The lowest BCUT2D eigenvalue weighted by atomic mass is 10.0. The Morgan fingerprint density at radius 1 is 0.418 bits per heavy atom. The van der Waals surface area contributed by atoms with Gasteiger partial charge < -0.3 is 14.2 Å². The predicted octanol–water partition coefficient (Wildman–Crippen LogP) is 14.9. The van der Waals surface area contributed by atoms with Gasteiger partial charge in [0.1, 0.15) is 15.9 Å². The summed E-state index contributed by atoms with van der Waals surface area (Å²) in [5, 5.41) is 8.49. The van der Waals surface area contributed by atoms with Crippen LogP contribution in [0.4, 0.5) is 34.1 Å². The van der Waals surface area contributed by atoms with Crippen LogP contribution in [0.3, 0.4) is 0 Å². The Morgan fingerprint density at radius 2 is 1.02 bits per heavy atom. The number of fused-ring (bicyclic) bond motifs is 11. The van der Waals surface area contributed by atoms with E-state index in [1.54, 1.807) is 0 Å². The Hall–Kier alpha value is -7.08. The number of aromatic nitrogens is 1. The van der Waals surface area contributed by atoms with Gasteiger partial charge in [0, 0.05) is 54.7 Å². The molecule has 12 rings (SSSR count). The first-order valence-corrected chi connectivity index (χ1v) is 19.4. The topological polar surface area (TPSA) is 24.0 Å². The smallest absolute Gasteiger partial charge is 0.163 e. The lowest BCUT2D eigenvalue weighted by Gasteiger charge is -2.26. The van der Waals surface area contributed by atoms with Gasteiger partial charge in [0.2, 0.25) is 0 Å². The molecule has 258 valence electrons. The fourth-order valence-corrected chi connectivity index (χ4v) is 9.98. The van der Waals surface area contributed by atoms with Crippen molar-refractivity contribution in [2.45, 2.75) is 0 Å². The maximum Gasteiger partial charge on any atom is 0.163 e. The Labute approximate surface area is 320 Å². The highest BCUT2D eigenvalue weighted by Gasteiger charge is 2.29. The van der Waals surface area contributed by atoms with E-state index in [1.165, 1.54) is 42.0 Å².